The molecule has 0 heterocycles. The Morgan fingerprint density at radius 3 is 2.25 bits per heavy atom. The summed E-state index contributed by atoms with van der Waals surface area (Å²) in [5.41, 5.74) is 0. The molecule has 1 N–H and O–H groups in total. The van der Waals surface area contributed by atoms with E-state index in [1.54, 1.807) is 12.1 Å². The van der Waals surface area contributed by atoms with Crippen LogP contribution in [-0.2, 0) is 4.79 Å². The quantitative estimate of drug-likeness (QED) is 0.498. The Morgan fingerprint density at radius 1 is 1.05 bits per heavy atom. The highest BCUT2D eigenvalue weighted by atomic mass is 32.2. The molecule has 2 aromatic carbocycles. The summed E-state index contributed by atoms with van der Waals surface area (Å²) in [4.78, 5) is 13.1. The fourth-order valence-corrected chi connectivity index (χ4v) is 2.28. The SMILES string of the molecule is O=C(COc1ccccc1)C(=CO)Sc1ccccc1. The van der Waals surface area contributed by atoms with Gasteiger partial charge in [0, 0.05) is 4.90 Å². The van der Waals surface area contributed by atoms with Crippen molar-refractivity contribution in [2.75, 3.05) is 6.61 Å². The standard InChI is InChI=1S/C16H14O3S/c17-11-16(20-14-9-5-2-6-10-14)15(18)12-19-13-7-3-1-4-8-13/h1-11,17H,12H2. The molecule has 4 heteroatoms. The molecule has 20 heavy (non-hydrogen) atoms. The predicted molar refractivity (Wildman–Crippen MR) is 80.0 cm³/mol. The van der Waals surface area contributed by atoms with Crippen molar-refractivity contribution in [3.63, 3.8) is 0 Å². The number of carbonyl (C=O) groups excluding carboxylic acids is 1. The first-order valence-corrected chi connectivity index (χ1v) is 6.89. The zero-order valence-electron chi connectivity index (χ0n) is 10.7. The van der Waals surface area contributed by atoms with Crippen molar-refractivity contribution >= 4 is 17.5 Å². The van der Waals surface area contributed by atoms with Gasteiger partial charge in [-0.2, -0.15) is 0 Å². The van der Waals surface area contributed by atoms with Crippen molar-refractivity contribution in [3.8, 4) is 5.75 Å². The molecule has 102 valence electrons. The van der Waals surface area contributed by atoms with E-state index >= 15 is 0 Å². The minimum atomic E-state index is -0.259. The summed E-state index contributed by atoms with van der Waals surface area (Å²) in [6.07, 6.45) is 0.828. The van der Waals surface area contributed by atoms with Gasteiger partial charge in [-0.25, -0.2) is 0 Å². The first kappa shape index (κ1) is 14.2. The van der Waals surface area contributed by atoms with Crippen LogP contribution in [0.2, 0.25) is 0 Å². The summed E-state index contributed by atoms with van der Waals surface area (Å²) >= 11 is 1.21. The van der Waals surface area contributed by atoms with Crippen LogP contribution >= 0.6 is 11.8 Å². The Kier molecular flexibility index (Phi) is 5.26. The van der Waals surface area contributed by atoms with Crippen molar-refractivity contribution < 1.29 is 14.6 Å². The van der Waals surface area contributed by atoms with Gasteiger partial charge in [0.1, 0.15) is 5.75 Å². The minimum Gasteiger partial charge on any atom is -0.514 e. The van der Waals surface area contributed by atoms with Gasteiger partial charge in [-0.1, -0.05) is 48.2 Å². The van der Waals surface area contributed by atoms with Crippen LogP contribution in [0, 0.1) is 0 Å². The lowest BCUT2D eigenvalue weighted by molar-refractivity contribution is -0.116. The summed E-state index contributed by atoms with van der Waals surface area (Å²) < 4.78 is 5.37. The van der Waals surface area contributed by atoms with E-state index in [1.807, 2.05) is 48.5 Å². The zero-order chi connectivity index (χ0) is 14.2. The highest BCUT2D eigenvalue weighted by Gasteiger charge is 2.12. The van der Waals surface area contributed by atoms with Gasteiger partial charge in [0.15, 0.2) is 6.61 Å². The van der Waals surface area contributed by atoms with Crippen LogP contribution in [0.1, 0.15) is 0 Å². The van der Waals surface area contributed by atoms with Gasteiger partial charge in [0.25, 0.3) is 0 Å². The molecule has 0 fully saturated rings. The molecular weight excluding hydrogens is 272 g/mol. The van der Waals surface area contributed by atoms with Gasteiger partial charge in [-0.05, 0) is 24.3 Å². The number of aliphatic hydroxyl groups is 1. The van der Waals surface area contributed by atoms with Crippen molar-refractivity contribution in [3.05, 3.63) is 71.8 Å². The summed E-state index contributed by atoms with van der Waals surface area (Å²) in [6.45, 7) is -0.101. The molecule has 2 aromatic rings. The maximum atomic E-state index is 12.0. The van der Waals surface area contributed by atoms with Gasteiger partial charge in [0.05, 0.1) is 11.2 Å². The maximum Gasteiger partial charge on any atom is 0.209 e. The molecule has 0 atom stereocenters. The Morgan fingerprint density at radius 2 is 1.65 bits per heavy atom. The van der Waals surface area contributed by atoms with Crippen molar-refractivity contribution in [1.82, 2.24) is 0 Å². The Hall–Kier alpha value is -2.20. The first-order chi connectivity index (χ1) is 9.79. The first-order valence-electron chi connectivity index (χ1n) is 6.08. The number of carbonyl (C=O) groups is 1. The molecule has 0 bridgehead atoms. The molecule has 3 nitrogen and oxygen atoms in total. The average Bonchev–Trinajstić information content (AvgIpc) is 2.52. The summed E-state index contributed by atoms with van der Waals surface area (Å²) in [6, 6.07) is 18.5. The number of hydrogen-bond acceptors (Lipinski definition) is 4. The second kappa shape index (κ2) is 7.40. The van der Waals surface area contributed by atoms with E-state index in [2.05, 4.69) is 0 Å². The van der Waals surface area contributed by atoms with E-state index in [0.29, 0.717) is 5.75 Å². The van der Waals surface area contributed by atoms with E-state index in [9.17, 15) is 9.90 Å². The molecule has 0 aromatic heterocycles. The van der Waals surface area contributed by atoms with Gasteiger partial charge in [-0.15, -0.1) is 0 Å². The topological polar surface area (TPSA) is 46.5 Å². The fourth-order valence-electron chi connectivity index (χ4n) is 1.51. The molecule has 0 saturated heterocycles. The molecular formula is C16H14O3S. The van der Waals surface area contributed by atoms with Crippen molar-refractivity contribution in [1.29, 1.82) is 0 Å². The average molecular weight is 286 g/mol. The van der Waals surface area contributed by atoms with Crippen molar-refractivity contribution in [2.24, 2.45) is 0 Å². The monoisotopic (exact) mass is 286 g/mol. The van der Waals surface area contributed by atoms with Crippen LogP contribution in [-0.4, -0.2) is 17.5 Å². The molecule has 2 rings (SSSR count). The van der Waals surface area contributed by atoms with Crippen LogP contribution in [0.15, 0.2) is 76.7 Å². The zero-order valence-corrected chi connectivity index (χ0v) is 11.5. The van der Waals surface area contributed by atoms with E-state index in [4.69, 9.17) is 4.74 Å². The van der Waals surface area contributed by atoms with Gasteiger partial charge < -0.3 is 9.84 Å². The number of rotatable bonds is 6. The molecule has 0 aliphatic carbocycles. The highest BCUT2D eigenvalue weighted by molar-refractivity contribution is 8.04. The van der Waals surface area contributed by atoms with Gasteiger partial charge in [0.2, 0.25) is 5.78 Å². The highest BCUT2D eigenvalue weighted by Crippen LogP contribution is 2.26. The van der Waals surface area contributed by atoms with E-state index in [0.717, 1.165) is 11.2 Å². The smallest absolute Gasteiger partial charge is 0.209 e. The third-order valence-corrected chi connectivity index (χ3v) is 3.54. The number of para-hydroxylation sites is 1. The number of hydrogen-bond donors (Lipinski definition) is 1. The lowest BCUT2D eigenvalue weighted by Gasteiger charge is -2.07. The van der Waals surface area contributed by atoms with Crippen LogP contribution in [0.5, 0.6) is 5.75 Å². The molecule has 0 spiro atoms. The molecule has 0 saturated carbocycles. The summed E-state index contributed by atoms with van der Waals surface area (Å²) in [7, 11) is 0. The van der Waals surface area contributed by atoms with Crippen LogP contribution < -0.4 is 4.74 Å². The lowest BCUT2D eigenvalue weighted by atomic mass is 10.3. The number of aliphatic hydroxyl groups excluding tert-OH is 1. The number of ketones is 1. The van der Waals surface area contributed by atoms with Gasteiger partial charge >= 0.3 is 0 Å². The second-order valence-corrected chi connectivity index (χ2v) is 5.05. The summed E-state index contributed by atoms with van der Waals surface area (Å²) in [5.74, 6) is 0.369. The minimum absolute atomic E-state index is 0.101. The fraction of sp³-hybridized carbons (Fsp3) is 0.0625. The van der Waals surface area contributed by atoms with Gasteiger partial charge in [-0.3, -0.25) is 4.79 Å². The summed E-state index contributed by atoms with van der Waals surface area (Å²) in [5, 5.41) is 9.20. The Bertz CT molecular complexity index is 579. The van der Waals surface area contributed by atoms with Crippen LogP contribution in [0.4, 0.5) is 0 Å². The number of Topliss-reactive ketones (excluding diaryl/α,β-unsaturated/α-hetero) is 1. The number of ether oxygens (including phenoxy) is 1. The van der Waals surface area contributed by atoms with Crippen LogP contribution in [0.3, 0.4) is 0 Å². The van der Waals surface area contributed by atoms with Crippen molar-refractivity contribution in [2.45, 2.75) is 4.90 Å². The normalized spacial score (nSPS) is 11.1. The number of benzene rings is 2. The van der Waals surface area contributed by atoms with Crippen LogP contribution in [0.25, 0.3) is 0 Å². The molecule has 0 aliphatic rings. The molecule has 0 aliphatic heterocycles. The molecule has 0 unspecified atom stereocenters. The Balaban J connectivity index is 1.93. The Labute approximate surface area is 121 Å². The second-order valence-electron chi connectivity index (χ2n) is 3.93. The molecule has 0 radical (unpaired) electrons. The third-order valence-electron chi connectivity index (χ3n) is 2.48. The third kappa shape index (κ3) is 4.17. The molecule has 0 amide bonds. The van der Waals surface area contributed by atoms with E-state index < -0.39 is 0 Å². The predicted octanol–water partition coefficient (Wildman–Crippen LogP) is 3.83. The largest absolute Gasteiger partial charge is 0.514 e. The lowest BCUT2D eigenvalue weighted by Crippen LogP contribution is -2.12. The number of thioether (sulfide) groups is 1. The maximum absolute atomic E-state index is 12.0. The van der Waals surface area contributed by atoms with E-state index in [1.165, 1.54) is 11.8 Å². The van der Waals surface area contributed by atoms with E-state index in [-0.39, 0.29) is 17.3 Å².